The molecule has 2 aromatic carbocycles. The van der Waals surface area contributed by atoms with Gasteiger partial charge in [0.05, 0.1) is 16.3 Å². The maximum Gasteiger partial charge on any atom is 0.387 e. The fraction of sp³-hybridized carbons (Fsp3) is 0.125. The van der Waals surface area contributed by atoms with E-state index in [-0.39, 0.29) is 22.0 Å². The van der Waals surface area contributed by atoms with Crippen LogP contribution < -0.4 is 10.1 Å². The van der Waals surface area contributed by atoms with Crippen molar-refractivity contribution < 1.29 is 27.8 Å². The number of hydrogen-bond acceptors (Lipinski definition) is 4. The third-order valence-corrected chi connectivity index (χ3v) is 3.68. The fourth-order valence-corrected chi connectivity index (χ4v) is 2.37. The molecule has 0 fully saturated rings. The molecule has 0 unspecified atom stereocenters. The van der Waals surface area contributed by atoms with Gasteiger partial charge in [0.15, 0.2) is 6.61 Å². The highest BCUT2D eigenvalue weighted by atomic mass is 79.9. The molecular formula is C16H11BrClF2NO4. The van der Waals surface area contributed by atoms with Crippen molar-refractivity contribution in [3.63, 3.8) is 0 Å². The fourth-order valence-electron chi connectivity index (χ4n) is 1.82. The van der Waals surface area contributed by atoms with Gasteiger partial charge in [-0.05, 0) is 30.3 Å². The molecule has 1 N–H and O–H groups in total. The summed E-state index contributed by atoms with van der Waals surface area (Å²) in [6.45, 7) is -3.65. The molecule has 0 bridgehead atoms. The highest BCUT2D eigenvalue weighted by Gasteiger charge is 2.16. The van der Waals surface area contributed by atoms with Gasteiger partial charge in [0.25, 0.3) is 5.91 Å². The number of carbonyl (C=O) groups excluding carboxylic acids is 2. The van der Waals surface area contributed by atoms with Gasteiger partial charge in [-0.1, -0.05) is 39.7 Å². The van der Waals surface area contributed by atoms with Crippen LogP contribution in [0.15, 0.2) is 46.9 Å². The lowest BCUT2D eigenvalue weighted by Crippen LogP contribution is -2.21. The van der Waals surface area contributed by atoms with E-state index >= 15 is 0 Å². The summed E-state index contributed by atoms with van der Waals surface area (Å²) in [4.78, 5) is 23.8. The molecule has 0 spiro atoms. The quantitative estimate of drug-likeness (QED) is 0.680. The van der Waals surface area contributed by atoms with Crippen molar-refractivity contribution in [2.75, 3.05) is 11.9 Å². The standard InChI is InChI=1S/C16H11BrClF2NO4/c17-9-5-6-11(18)10(7-9)15(23)24-8-14(22)21-12-3-1-2-4-13(12)25-16(19)20/h1-7,16H,8H2,(H,21,22). The Morgan fingerprint density at radius 2 is 1.92 bits per heavy atom. The van der Waals surface area contributed by atoms with Crippen molar-refractivity contribution >= 4 is 45.1 Å². The van der Waals surface area contributed by atoms with Crippen LogP contribution in [0.3, 0.4) is 0 Å². The summed E-state index contributed by atoms with van der Waals surface area (Å²) in [5, 5.41) is 2.50. The van der Waals surface area contributed by atoms with Crippen molar-refractivity contribution in [1.29, 1.82) is 0 Å². The molecule has 2 aromatic rings. The van der Waals surface area contributed by atoms with Gasteiger partial charge in [-0.25, -0.2) is 4.79 Å². The number of benzene rings is 2. The molecule has 0 saturated heterocycles. The largest absolute Gasteiger partial charge is 0.452 e. The normalized spacial score (nSPS) is 10.4. The number of esters is 1. The van der Waals surface area contributed by atoms with E-state index in [0.29, 0.717) is 4.47 Å². The molecule has 0 aliphatic heterocycles. The summed E-state index contributed by atoms with van der Waals surface area (Å²) in [6.07, 6.45) is 0. The number of amides is 1. The first kappa shape index (κ1) is 19.1. The van der Waals surface area contributed by atoms with Crippen LogP contribution in [-0.4, -0.2) is 25.1 Å². The van der Waals surface area contributed by atoms with Crippen molar-refractivity contribution in [3.8, 4) is 5.75 Å². The second-order valence-electron chi connectivity index (χ2n) is 4.62. The number of nitrogens with one attached hydrogen (secondary N) is 1. The van der Waals surface area contributed by atoms with Gasteiger partial charge in [0.1, 0.15) is 5.75 Å². The number of para-hydroxylation sites is 2. The molecule has 0 heterocycles. The number of anilines is 1. The molecule has 9 heteroatoms. The van der Waals surface area contributed by atoms with Crippen LogP contribution >= 0.6 is 27.5 Å². The molecule has 0 aliphatic rings. The first-order chi connectivity index (χ1) is 11.9. The van der Waals surface area contributed by atoms with E-state index in [1.165, 1.54) is 36.4 Å². The van der Waals surface area contributed by atoms with Gasteiger partial charge in [-0.2, -0.15) is 8.78 Å². The number of alkyl halides is 2. The minimum Gasteiger partial charge on any atom is -0.452 e. The van der Waals surface area contributed by atoms with Gasteiger partial charge in [-0.3, -0.25) is 4.79 Å². The molecule has 1 amide bonds. The minimum absolute atomic E-state index is 0.0318. The van der Waals surface area contributed by atoms with Crippen molar-refractivity contribution in [2.45, 2.75) is 6.61 Å². The average Bonchev–Trinajstić information content (AvgIpc) is 2.56. The Balaban J connectivity index is 1.97. The number of ether oxygens (including phenoxy) is 2. The van der Waals surface area contributed by atoms with Crippen LogP contribution in [0.2, 0.25) is 5.02 Å². The van der Waals surface area contributed by atoms with E-state index in [1.807, 2.05) is 0 Å². The lowest BCUT2D eigenvalue weighted by molar-refractivity contribution is -0.119. The number of hydrogen-bond donors (Lipinski definition) is 1. The van der Waals surface area contributed by atoms with Crippen molar-refractivity contribution in [2.24, 2.45) is 0 Å². The highest BCUT2D eigenvalue weighted by Crippen LogP contribution is 2.25. The van der Waals surface area contributed by atoms with E-state index in [4.69, 9.17) is 16.3 Å². The van der Waals surface area contributed by atoms with Crippen LogP contribution in [0, 0.1) is 0 Å². The molecule has 0 saturated carbocycles. The zero-order valence-corrected chi connectivity index (χ0v) is 14.8. The van der Waals surface area contributed by atoms with E-state index in [2.05, 4.69) is 26.0 Å². The number of halogens is 4. The second-order valence-corrected chi connectivity index (χ2v) is 5.95. The summed E-state index contributed by atoms with van der Waals surface area (Å²) in [6, 6.07) is 10.3. The molecule has 25 heavy (non-hydrogen) atoms. The third-order valence-electron chi connectivity index (χ3n) is 2.86. The lowest BCUT2D eigenvalue weighted by Gasteiger charge is -2.12. The van der Waals surface area contributed by atoms with E-state index in [0.717, 1.165) is 0 Å². The molecule has 132 valence electrons. The zero-order valence-electron chi connectivity index (χ0n) is 12.5. The Hall–Kier alpha value is -2.19. The molecular weight excluding hydrogens is 424 g/mol. The van der Waals surface area contributed by atoms with Gasteiger partial charge in [0.2, 0.25) is 0 Å². The average molecular weight is 435 g/mol. The minimum atomic E-state index is -3.03. The van der Waals surface area contributed by atoms with Gasteiger partial charge in [0, 0.05) is 4.47 Å². The van der Waals surface area contributed by atoms with Crippen molar-refractivity contribution in [3.05, 3.63) is 57.5 Å². The summed E-state index contributed by atoms with van der Waals surface area (Å²) in [5.41, 5.74) is 0.120. The molecule has 2 rings (SSSR count). The van der Waals surface area contributed by atoms with Crippen LogP contribution in [0.25, 0.3) is 0 Å². The Morgan fingerprint density at radius 3 is 2.64 bits per heavy atom. The van der Waals surface area contributed by atoms with Crippen molar-refractivity contribution in [1.82, 2.24) is 0 Å². The second kappa shape index (κ2) is 8.77. The Bertz CT molecular complexity index is 788. The molecule has 0 atom stereocenters. The summed E-state index contributed by atoms with van der Waals surface area (Å²) in [5.74, 6) is -1.71. The zero-order chi connectivity index (χ0) is 18.4. The predicted molar refractivity (Wildman–Crippen MR) is 91.1 cm³/mol. The van der Waals surface area contributed by atoms with Crippen LogP contribution in [0.4, 0.5) is 14.5 Å². The maximum absolute atomic E-state index is 12.3. The first-order valence-corrected chi connectivity index (χ1v) is 8.00. The molecule has 5 nitrogen and oxygen atoms in total. The van der Waals surface area contributed by atoms with Crippen LogP contribution in [0.1, 0.15) is 10.4 Å². The van der Waals surface area contributed by atoms with E-state index in [9.17, 15) is 18.4 Å². The Kier molecular flexibility index (Phi) is 6.72. The molecule has 0 aliphatic carbocycles. The SMILES string of the molecule is O=C(COC(=O)c1cc(Br)ccc1Cl)Nc1ccccc1OC(F)F. The number of rotatable bonds is 6. The molecule has 0 aromatic heterocycles. The summed E-state index contributed by atoms with van der Waals surface area (Å²) >= 11 is 9.09. The Labute approximate surface area is 155 Å². The topological polar surface area (TPSA) is 64.6 Å². The van der Waals surface area contributed by atoms with Gasteiger partial charge in [-0.15, -0.1) is 0 Å². The number of carbonyl (C=O) groups is 2. The highest BCUT2D eigenvalue weighted by molar-refractivity contribution is 9.10. The summed E-state index contributed by atoms with van der Waals surface area (Å²) in [7, 11) is 0. The summed E-state index contributed by atoms with van der Waals surface area (Å²) < 4.78 is 34.4. The monoisotopic (exact) mass is 433 g/mol. The lowest BCUT2D eigenvalue weighted by atomic mass is 10.2. The maximum atomic E-state index is 12.3. The van der Waals surface area contributed by atoms with Crippen LogP contribution in [-0.2, 0) is 9.53 Å². The molecule has 0 radical (unpaired) electrons. The third kappa shape index (κ3) is 5.68. The van der Waals surface area contributed by atoms with E-state index < -0.39 is 25.1 Å². The Morgan fingerprint density at radius 1 is 1.20 bits per heavy atom. The van der Waals surface area contributed by atoms with Gasteiger partial charge < -0.3 is 14.8 Å². The van der Waals surface area contributed by atoms with E-state index in [1.54, 1.807) is 6.07 Å². The first-order valence-electron chi connectivity index (χ1n) is 6.82. The van der Waals surface area contributed by atoms with Gasteiger partial charge >= 0.3 is 12.6 Å². The predicted octanol–water partition coefficient (Wildman–Crippen LogP) is 4.50. The van der Waals surface area contributed by atoms with Crippen LogP contribution in [0.5, 0.6) is 5.75 Å². The smallest absolute Gasteiger partial charge is 0.387 e.